The van der Waals surface area contributed by atoms with Crippen molar-refractivity contribution in [1.82, 2.24) is 24.6 Å². The van der Waals surface area contributed by atoms with Gasteiger partial charge in [-0.1, -0.05) is 0 Å². The van der Waals surface area contributed by atoms with Gasteiger partial charge in [-0.25, -0.2) is 14.1 Å². The zero-order valence-corrected chi connectivity index (χ0v) is 18.9. The van der Waals surface area contributed by atoms with Gasteiger partial charge in [0, 0.05) is 43.1 Å². The van der Waals surface area contributed by atoms with E-state index in [1.165, 1.54) is 12.3 Å². The van der Waals surface area contributed by atoms with Gasteiger partial charge in [-0.2, -0.15) is 0 Å². The number of rotatable bonds is 4. The van der Waals surface area contributed by atoms with E-state index >= 15 is 0 Å². The molecule has 4 heterocycles. The van der Waals surface area contributed by atoms with E-state index in [1.54, 1.807) is 22.7 Å². The molecule has 3 fully saturated rings. The van der Waals surface area contributed by atoms with E-state index in [0.717, 1.165) is 36.9 Å². The molecule has 3 aromatic rings. The zero-order chi connectivity index (χ0) is 23.6. The molecule has 2 atom stereocenters. The number of hydrogen-bond donors (Lipinski definition) is 3. The first-order valence-corrected chi connectivity index (χ1v) is 11.9. The third-order valence-corrected chi connectivity index (χ3v) is 8.01. The number of halogens is 1. The summed E-state index contributed by atoms with van der Waals surface area (Å²) in [6.45, 7) is 2.52. The van der Waals surface area contributed by atoms with E-state index < -0.39 is 17.7 Å². The minimum atomic E-state index is -0.760. The number of aromatic amines is 1. The van der Waals surface area contributed by atoms with Crippen molar-refractivity contribution in [2.45, 2.75) is 51.6 Å². The average Bonchev–Trinajstić information content (AvgIpc) is 3.40. The van der Waals surface area contributed by atoms with Crippen LogP contribution >= 0.6 is 0 Å². The standard InChI is InChI=1S/C24H27FN6O3/c1-12(32)30-7-6-18-17(11-30)23(28-21-14-4-2-13(3-5-14)20(21)24(33)34)29-31(18)19-10-27-22-16(19)8-15(25)9-26-22/h8-10,13-14,20-21H,2-7,11H2,1H3,(H,26,27)(H,28,29)(H,33,34)/t13-,14+,20-,21-/m0/s1. The maximum Gasteiger partial charge on any atom is 0.308 e. The Bertz CT molecular complexity index is 1290. The Morgan fingerprint density at radius 2 is 2.00 bits per heavy atom. The van der Waals surface area contributed by atoms with Crippen molar-refractivity contribution in [3.63, 3.8) is 0 Å². The lowest BCUT2D eigenvalue weighted by Gasteiger charge is -2.47. The molecule has 2 bridgehead atoms. The fourth-order valence-corrected chi connectivity index (χ4v) is 6.31. The highest BCUT2D eigenvalue weighted by Gasteiger charge is 2.48. The molecule has 3 aromatic heterocycles. The van der Waals surface area contributed by atoms with Gasteiger partial charge in [0.1, 0.15) is 11.5 Å². The molecule has 4 aliphatic rings. The van der Waals surface area contributed by atoms with Gasteiger partial charge >= 0.3 is 5.97 Å². The second-order valence-electron chi connectivity index (χ2n) is 9.81. The van der Waals surface area contributed by atoms with Crippen molar-refractivity contribution in [2.24, 2.45) is 17.8 Å². The number of aliphatic carboxylic acids is 1. The normalized spacial score (nSPS) is 26.0. The Morgan fingerprint density at radius 1 is 1.24 bits per heavy atom. The summed E-state index contributed by atoms with van der Waals surface area (Å²) >= 11 is 0. The average molecular weight is 467 g/mol. The summed E-state index contributed by atoms with van der Waals surface area (Å²) in [5.74, 6) is -0.583. The van der Waals surface area contributed by atoms with Crippen LogP contribution in [0.2, 0.25) is 0 Å². The molecule has 7 rings (SSSR count). The summed E-state index contributed by atoms with van der Waals surface area (Å²) < 4.78 is 15.8. The number of carboxylic acids is 1. The molecule has 34 heavy (non-hydrogen) atoms. The predicted octanol–water partition coefficient (Wildman–Crippen LogP) is 3.09. The predicted molar refractivity (Wildman–Crippen MR) is 122 cm³/mol. The number of carboxylic acid groups (broad SMARTS) is 1. The SMILES string of the molecule is CC(=O)N1CCc2c(c(N[C@H]3[C@H]4CC[C@H](CC4)[C@@H]3C(=O)O)nn2-c2c[nH]c3ncc(F)cc23)C1. The van der Waals surface area contributed by atoms with Crippen molar-refractivity contribution in [1.29, 1.82) is 0 Å². The highest BCUT2D eigenvalue weighted by Crippen LogP contribution is 2.47. The Labute approximate surface area is 195 Å². The number of pyridine rings is 1. The highest BCUT2D eigenvalue weighted by molar-refractivity contribution is 5.85. The first-order chi connectivity index (χ1) is 16.4. The number of anilines is 1. The molecule has 3 saturated carbocycles. The number of nitrogens with zero attached hydrogens (tertiary/aromatic N) is 4. The molecule has 0 saturated heterocycles. The summed E-state index contributed by atoms with van der Waals surface area (Å²) in [5, 5.41) is 19.0. The molecule has 0 spiro atoms. The van der Waals surface area contributed by atoms with Crippen LogP contribution in [0.1, 0.15) is 43.9 Å². The van der Waals surface area contributed by atoms with Gasteiger partial charge in [-0.15, -0.1) is 5.10 Å². The second-order valence-corrected chi connectivity index (χ2v) is 9.81. The third kappa shape index (κ3) is 3.26. The first-order valence-electron chi connectivity index (χ1n) is 11.9. The van der Waals surface area contributed by atoms with E-state index in [1.807, 2.05) is 0 Å². The van der Waals surface area contributed by atoms with Gasteiger partial charge in [0.15, 0.2) is 5.82 Å². The van der Waals surface area contributed by atoms with Crippen LogP contribution in [0.3, 0.4) is 0 Å². The van der Waals surface area contributed by atoms with Crippen molar-refractivity contribution in [3.8, 4) is 5.69 Å². The maximum atomic E-state index is 14.0. The number of carbonyl (C=O) groups excluding carboxylic acids is 1. The highest BCUT2D eigenvalue weighted by atomic mass is 19.1. The van der Waals surface area contributed by atoms with Crippen LogP contribution in [0.4, 0.5) is 10.2 Å². The first kappa shape index (κ1) is 21.1. The molecule has 9 nitrogen and oxygen atoms in total. The van der Waals surface area contributed by atoms with Crippen molar-refractivity contribution < 1.29 is 19.1 Å². The Kier molecular flexibility index (Phi) is 4.86. The molecule has 0 aromatic carbocycles. The summed E-state index contributed by atoms with van der Waals surface area (Å²) in [4.78, 5) is 33.3. The molecule has 0 unspecified atom stereocenters. The molecule has 10 heteroatoms. The van der Waals surface area contributed by atoms with Crippen LogP contribution in [-0.2, 0) is 22.6 Å². The van der Waals surface area contributed by atoms with Crippen molar-refractivity contribution >= 4 is 28.7 Å². The molecular formula is C24H27FN6O3. The van der Waals surface area contributed by atoms with Crippen LogP contribution in [0.25, 0.3) is 16.7 Å². The van der Waals surface area contributed by atoms with E-state index in [9.17, 15) is 19.1 Å². The fraction of sp³-hybridized carbons (Fsp3) is 0.500. The van der Waals surface area contributed by atoms with Gasteiger partial charge < -0.3 is 20.3 Å². The molecule has 178 valence electrons. The quantitative estimate of drug-likeness (QED) is 0.544. The van der Waals surface area contributed by atoms with Gasteiger partial charge in [-0.05, 0) is 43.6 Å². The van der Waals surface area contributed by atoms with E-state index in [-0.39, 0.29) is 23.8 Å². The van der Waals surface area contributed by atoms with Gasteiger partial charge in [0.2, 0.25) is 5.91 Å². The van der Waals surface area contributed by atoms with Crippen LogP contribution < -0.4 is 5.32 Å². The molecular weight excluding hydrogens is 439 g/mol. The lowest BCUT2D eigenvalue weighted by molar-refractivity contribution is -0.148. The monoisotopic (exact) mass is 466 g/mol. The minimum Gasteiger partial charge on any atom is -0.481 e. The Morgan fingerprint density at radius 3 is 2.74 bits per heavy atom. The van der Waals surface area contributed by atoms with Gasteiger partial charge in [0.05, 0.1) is 30.0 Å². The Hall–Kier alpha value is -3.43. The summed E-state index contributed by atoms with van der Waals surface area (Å²) in [5.41, 5.74) is 3.08. The van der Waals surface area contributed by atoms with E-state index in [4.69, 9.17) is 5.10 Å². The number of hydrogen-bond acceptors (Lipinski definition) is 5. The minimum absolute atomic E-state index is 0.0112. The van der Waals surface area contributed by atoms with Crippen LogP contribution in [-0.4, -0.2) is 54.2 Å². The number of fused-ring (bicyclic) bond motifs is 5. The molecule has 1 aliphatic heterocycles. The summed E-state index contributed by atoms with van der Waals surface area (Å²) in [6.07, 6.45) is 7.47. The summed E-state index contributed by atoms with van der Waals surface area (Å²) in [6, 6.07) is 1.23. The lowest BCUT2D eigenvalue weighted by atomic mass is 9.61. The molecule has 1 amide bonds. The zero-order valence-electron chi connectivity index (χ0n) is 18.9. The number of carbonyl (C=O) groups is 2. The maximum absolute atomic E-state index is 14.0. The molecule has 3 aliphatic carbocycles. The number of amides is 1. The van der Waals surface area contributed by atoms with Crippen molar-refractivity contribution in [2.75, 3.05) is 11.9 Å². The fourth-order valence-electron chi connectivity index (χ4n) is 6.31. The summed E-state index contributed by atoms with van der Waals surface area (Å²) in [7, 11) is 0. The third-order valence-electron chi connectivity index (χ3n) is 8.01. The van der Waals surface area contributed by atoms with Crippen molar-refractivity contribution in [3.05, 3.63) is 35.5 Å². The number of nitrogens with one attached hydrogen (secondary N) is 2. The lowest BCUT2D eigenvalue weighted by Crippen LogP contribution is -2.51. The van der Waals surface area contributed by atoms with Gasteiger partial charge in [0.25, 0.3) is 0 Å². The molecule has 0 radical (unpaired) electrons. The Balaban J connectivity index is 1.45. The topological polar surface area (TPSA) is 116 Å². The van der Waals surface area contributed by atoms with Crippen LogP contribution in [0.15, 0.2) is 18.5 Å². The van der Waals surface area contributed by atoms with Crippen LogP contribution in [0, 0.1) is 23.6 Å². The van der Waals surface area contributed by atoms with E-state index in [2.05, 4.69) is 15.3 Å². The molecule has 3 N–H and O–H groups in total. The smallest absolute Gasteiger partial charge is 0.308 e. The largest absolute Gasteiger partial charge is 0.481 e. The number of H-pyrrole nitrogens is 1. The van der Waals surface area contributed by atoms with Crippen LogP contribution in [0.5, 0.6) is 0 Å². The second kappa shape index (κ2) is 7.82. The van der Waals surface area contributed by atoms with Gasteiger partial charge in [-0.3, -0.25) is 9.59 Å². The number of aromatic nitrogens is 4. The van der Waals surface area contributed by atoms with E-state index in [0.29, 0.717) is 42.0 Å².